The van der Waals surface area contributed by atoms with E-state index in [4.69, 9.17) is 18.9 Å². The maximum absolute atomic E-state index is 12.6. The van der Waals surface area contributed by atoms with Crippen LogP contribution in [0.1, 0.15) is 117 Å². The highest BCUT2D eigenvalue weighted by Gasteiger charge is 2.44. The van der Waals surface area contributed by atoms with Gasteiger partial charge in [-0.3, -0.25) is 4.79 Å². The molecule has 0 aromatic heterocycles. The molecule has 1 saturated heterocycles. The fraction of sp³-hybridized carbons (Fsp3) is 0.757. The van der Waals surface area contributed by atoms with Crippen LogP contribution in [0.2, 0.25) is 0 Å². The number of aliphatic hydroxyl groups is 4. The molecule has 0 bridgehead atoms. The van der Waals surface area contributed by atoms with E-state index >= 15 is 0 Å². The number of esters is 1. The smallest absolute Gasteiger partial charge is 0.306 e. The molecule has 1 aliphatic heterocycles. The number of rotatable bonds is 28. The van der Waals surface area contributed by atoms with Gasteiger partial charge in [0.15, 0.2) is 6.29 Å². The largest absolute Gasteiger partial charge is 0.457 e. The molecule has 0 aliphatic carbocycles. The van der Waals surface area contributed by atoms with E-state index in [9.17, 15) is 25.2 Å². The van der Waals surface area contributed by atoms with Crippen molar-refractivity contribution in [3.63, 3.8) is 0 Å². The average molecular weight is 653 g/mol. The lowest BCUT2D eigenvalue weighted by molar-refractivity contribution is -0.305. The first-order valence-electron chi connectivity index (χ1n) is 17.7. The van der Waals surface area contributed by atoms with Crippen LogP contribution >= 0.6 is 0 Å². The van der Waals surface area contributed by atoms with Crippen LogP contribution < -0.4 is 0 Å². The van der Waals surface area contributed by atoms with Gasteiger partial charge in [-0.1, -0.05) is 107 Å². The predicted octanol–water partition coefficient (Wildman–Crippen LogP) is 6.24. The Morgan fingerprint density at radius 2 is 1.33 bits per heavy atom. The number of allylic oxidation sites excluding steroid dienone is 8. The summed E-state index contributed by atoms with van der Waals surface area (Å²) < 4.78 is 22.5. The van der Waals surface area contributed by atoms with Crippen molar-refractivity contribution < 1.29 is 44.2 Å². The first-order valence-corrected chi connectivity index (χ1v) is 17.7. The van der Waals surface area contributed by atoms with Gasteiger partial charge in [-0.25, -0.2) is 0 Å². The van der Waals surface area contributed by atoms with Gasteiger partial charge in [-0.05, 0) is 51.4 Å². The summed E-state index contributed by atoms with van der Waals surface area (Å²) in [5.41, 5.74) is 0. The molecule has 0 aromatic rings. The van der Waals surface area contributed by atoms with E-state index in [0.29, 0.717) is 13.0 Å². The second kappa shape index (κ2) is 29.3. The highest BCUT2D eigenvalue weighted by atomic mass is 16.7. The lowest BCUT2D eigenvalue weighted by atomic mass is 9.99. The Kier molecular flexibility index (Phi) is 26.9. The molecule has 0 radical (unpaired) electrons. The zero-order valence-electron chi connectivity index (χ0n) is 28.6. The molecule has 6 atom stereocenters. The second-order valence-electron chi connectivity index (χ2n) is 11.9. The van der Waals surface area contributed by atoms with Crippen molar-refractivity contribution in [3.8, 4) is 0 Å². The van der Waals surface area contributed by atoms with Crippen molar-refractivity contribution in [1.82, 2.24) is 0 Å². The molecule has 9 nitrogen and oxygen atoms in total. The number of hydrogen-bond donors (Lipinski definition) is 4. The van der Waals surface area contributed by atoms with Gasteiger partial charge in [-0.2, -0.15) is 0 Å². The number of unbranched alkanes of at least 4 members (excludes halogenated alkanes) is 9. The van der Waals surface area contributed by atoms with E-state index in [-0.39, 0.29) is 19.2 Å². The van der Waals surface area contributed by atoms with E-state index in [0.717, 1.165) is 70.6 Å². The normalized spacial score (nSPS) is 23.0. The third-order valence-corrected chi connectivity index (χ3v) is 7.76. The molecule has 1 rings (SSSR count). The van der Waals surface area contributed by atoms with Crippen molar-refractivity contribution in [2.75, 3.05) is 26.4 Å². The van der Waals surface area contributed by atoms with Gasteiger partial charge in [0.25, 0.3) is 0 Å². The number of ether oxygens (including phenoxy) is 4. The summed E-state index contributed by atoms with van der Waals surface area (Å²) in [4.78, 5) is 12.6. The first-order chi connectivity index (χ1) is 22.4. The lowest BCUT2D eigenvalue weighted by Crippen LogP contribution is -2.59. The topological polar surface area (TPSA) is 135 Å². The molecule has 9 heteroatoms. The van der Waals surface area contributed by atoms with Crippen LogP contribution in [0.25, 0.3) is 0 Å². The molecule has 0 saturated carbocycles. The Bertz CT molecular complexity index is 839. The predicted molar refractivity (Wildman–Crippen MR) is 182 cm³/mol. The molecule has 0 aromatic carbocycles. The number of aliphatic hydroxyl groups excluding tert-OH is 4. The van der Waals surface area contributed by atoms with E-state index in [2.05, 4.69) is 62.5 Å². The third kappa shape index (κ3) is 21.1. The monoisotopic (exact) mass is 652 g/mol. The van der Waals surface area contributed by atoms with E-state index in [1.165, 1.54) is 25.7 Å². The minimum atomic E-state index is -1.54. The molecule has 1 heterocycles. The molecule has 0 spiro atoms. The molecular formula is C37H64O9. The van der Waals surface area contributed by atoms with Gasteiger partial charge in [0, 0.05) is 13.0 Å². The Hall–Kier alpha value is -1.85. The maximum atomic E-state index is 12.6. The molecule has 1 fully saturated rings. The fourth-order valence-electron chi connectivity index (χ4n) is 4.95. The Labute approximate surface area is 278 Å². The van der Waals surface area contributed by atoms with Crippen LogP contribution in [0, 0.1) is 0 Å². The van der Waals surface area contributed by atoms with Crippen LogP contribution in [-0.2, 0) is 23.7 Å². The summed E-state index contributed by atoms with van der Waals surface area (Å²) >= 11 is 0. The van der Waals surface area contributed by atoms with E-state index in [1.54, 1.807) is 0 Å². The molecular weight excluding hydrogens is 588 g/mol. The van der Waals surface area contributed by atoms with Gasteiger partial charge in [-0.15, -0.1) is 0 Å². The van der Waals surface area contributed by atoms with Crippen LogP contribution in [0.15, 0.2) is 48.6 Å². The zero-order valence-corrected chi connectivity index (χ0v) is 28.6. The summed E-state index contributed by atoms with van der Waals surface area (Å²) in [6.07, 6.45) is 25.9. The highest BCUT2D eigenvalue weighted by Crippen LogP contribution is 2.22. The first kappa shape index (κ1) is 42.2. The fourth-order valence-corrected chi connectivity index (χ4v) is 4.95. The Morgan fingerprint density at radius 3 is 1.98 bits per heavy atom. The lowest BCUT2D eigenvalue weighted by Gasteiger charge is -2.39. The number of hydrogen-bond acceptors (Lipinski definition) is 9. The minimum absolute atomic E-state index is 0.122. The van der Waals surface area contributed by atoms with Gasteiger partial charge in [0.1, 0.15) is 30.5 Å². The van der Waals surface area contributed by atoms with Gasteiger partial charge < -0.3 is 39.4 Å². The van der Waals surface area contributed by atoms with Crippen LogP contribution in [0.3, 0.4) is 0 Å². The molecule has 0 amide bonds. The Balaban J connectivity index is 2.36. The summed E-state index contributed by atoms with van der Waals surface area (Å²) in [5.74, 6) is -0.336. The SMILES string of the molecule is CC/C=C\C/C=C\C/C=C\C/C=C\CCCCCOCC(COC1OC(CO)C(O)C(O)C1O)OC(=O)CCCCCCCCC. The quantitative estimate of drug-likeness (QED) is 0.0440. The second-order valence-corrected chi connectivity index (χ2v) is 11.9. The van der Waals surface area contributed by atoms with Crippen molar-refractivity contribution in [3.05, 3.63) is 48.6 Å². The van der Waals surface area contributed by atoms with Crippen molar-refractivity contribution in [2.24, 2.45) is 0 Å². The number of carbonyl (C=O) groups is 1. The van der Waals surface area contributed by atoms with Gasteiger partial charge >= 0.3 is 5.97 Å². The molecule has 1 aliphatic rings. The van der Waals surface area contributed by atoms with Crippen LogP contribution in [0.4, 0.5) is 0 Å². The van der Waals surface area contributed by atoms with Gasteiger partial charge in [0.05, 0.1) is 19.8 Å². The highest BCUT2D eigenvalue weighted by molar-refractivity contribution is 5.69. The average Bonchev–Trinajstić information content (AvgIpc) is 3.05. The summed E-state index contributed by atoms with van der Waals surface area (Å²) in [6, 6.07) is 0. The third-order valence-electron chi connectivity index (χ3n) is 7.76. The maximum Gasteiger partial charge on any atom is 0.306 e. The summed E-state index contributed by atoms with van der Waals surface area (Å²) in [5, 5.41) is 39.8. The van der Waals surface area contributed by atoms with Crippen LogP contribution in [-0.4, -0.2) is 89.6 Å². The summed E-state index contributed by atoms with van der Waals surface area (Å²) in [7, 11) is 0. The zero-order chi connectivity index (χ0) is 33.7. The van der Waals surface area contributed by atoms with Crippen molar-refractivity contribution in [1.29, 1.82) is 0 Å². The molecule has 266 valence electrons. The minimum Gasteiger partial charge on any atom is -0.457 e. The van der Waals surface area contributed by atoms with Crippen molar-refractivity contribution in [2.45, 2.75) is 153 Å². The van der Waals surface area contributed by atoms with E-state index in [1.807, 2.05) is 0 Å². The van der Waals surface area contributed by atoms with Crippen molar-refractivity contribution >= 4 is 5.97 Å². The molecule has 4 N–H and O–H groups in total. The standard InChI is InChI=1S/C37H64O9/c1-3-5-7-9-11-12-13-14-15-16-17-18-19-21-23-25-27-43-29-31(45-33(39)26-24-22-20-10-8-6-4-2)30-44-37-36(42)35(41)34(40)32(28-38)46-37/h5,7,11-12,14-15,17-18,31-32,34-38,40-42H,3-4,6,8-10,13,16,19-30H2,1-2H3/b7-5-,12-11-,15-14-,18-17-. The molecule has 46 heavy (non-hydrogen) atoms. The van der Waals surface area contributed by atoms with Gasteiger partial charge in [0.2, 0.25) is 0 Å². The number of carbonyl (C=O) groups excluding carboxylic acids is 1. The Morgan fingerprint density at radius 1 is 0.717 bits per heavy atom. The summed E-state index contributed by atoms with van der Waals surface area (Å²) in [6.45, 7) is 4.29. The molecule has 6 unspecified atom stereocenters. The van der Waals surface area contributed by atoms with E-state index < -0.39 is 43.4 Å². The van der Waals surface area contributed by atoms with Crippen LogP contribution in [0.5, 0.6) is 0 Å².